The van der Waals surface area contributed by atoms with Crippen LogP contribution in [0.5, 0.6) is 11.5 Å². The lowest BCUT2D eigenvalue weighted by molar-refractivity contribution is -0.114. The highest BCUT2D eigenvalue weighted by molar-refractivity contribution is 9.10. The summed E-state index contributed by atoms with van der Waals surface area (Å²) in [6.07, 6.45) is 0. The number of methoxy groups -OCH3 is 2. The summed E-state index contributed by atoms with van der Waals surface area (Å²) >= 11 is 9.37. The van der Waals surface area contributed by atoms with Crippen LogP contribution in [0.25, 0.3) is 0 Å². The van der Waals surface area contributed by atoms with Crippen LogP contribution in [-0.4, -0.2) is 35.1 Å². The molecule has 3 aromatic rings. The van der Waals surface area contributed by atoms with Gasteiger partial charge >= 0.3 is 0 Å². The molecule has 0 fully saturated rings. The molecule has 0 aliphatic carbocycles. The number of anilines is 2. The third kappa shape index (κ3) is 5.35. The number of carbonyl (C=O) groups is 1. The summed E-state index contributed by atoms with van der Waals surface area (Å²) in [6, 6.07) is 17.4. The van der Waals surface area contributed by atoms with Crippen LogP contribution in [0.3, 0.4) is 0 Å². The Morgan fingerprint density at radius 3 is 2.31 bits per heavy atom. The van der Waals surface area contributed by atoms with Gasteiger partial charge in [-0.15, -0.1) is 0 Å². The van der Waals surface area contributed by atoms with E-state index in [0.29, 0.717) is 26.7 Å². The molecule has 7 nitrogen and oxygen atoms in total. The second kappa shape index (κ2) is 10.2. The van der Waals surface area contributed by atoms with Gasteiger partial charge in [0.25, 0.3) is 10.0 Å². The van der Waals surface area contributed by atoms with Gasteiger partial charge < -0.3 is 14.8 Å². The Hall–Kier alpha value is -2.75. The molecule has 0 spiro atoms. The van der Waals surface area contributed by atoms with Crippen LogP contribution >= 0.6 is 27.5 Å². The number of ether oxygens (including phenoxy) is 2. The number of amides is 1. The van der Waals surface area contributed by atoms with Crippen LogP contribution < -0.4 is 19.1 Å². The highest BCUT2D eigenvalue weighted by Crippen LogP contribution is 2.34. The van der Waals surface area contributed by atoms with Crippen LogP contribution in [0, 0.1) is 0 Å². The standard InChI is InChI=1S/C22H20BrClN2O5S/c1-30-20-11-9-16(13-21(20)31-2)26(32(28,29)17-6-4-3-5-7-17)14-22(27)25-15-8-10-18(23)19(24)12-15/h3-13H,14H2,1-2H3,(H,25,27). The van der Waals surface area contributed by atoms with Gasteiger partial charge in [-0.25, -0.2) is 8.42 Å². The van der Waals surface area contributed by atoms with Crippen LogP contribution in [-0.2, 0) is 14.8 Å². The molecule has 0 atom stereocenters. The maximum Gasteiger partial charge on any atom is 0.264 e. The van der Waals surface area contributed by atoms with E-state index in [9.17, 15) is 13.2 Å². The quantitative estimate of drug-likeness (QED) is 0.438. The van der Waals surface area contributed by atoms with Crippen molar-refractivity contribution in [2.75, 3.05) is 30.4 Å². The second-order valence-corrected chi connectivity index (χ2v) is 9.66. The number of hydrogen-bond acceptors (Lipinski definition) is 5. The van der Waals surface area contributed by atoms with Crippen LogP contribution in [0.15, 0.2) is 76.1 Å². The Balaban J connectivity index is 1.99. The van der Waals surface area contributed by atoms with Crippen molar-refractivity contribution in [3.63, 3.8) is 0 Å². The zero-order valence-electron chi connectivity index (χ0n) is 17.2. The van der Waals surface area contributed by atoms with Gasteiger partial charge in [-0.1, -0.05) is 29.8 Å². The number of carbonyl (C=O) groups excluding carboxylic acids is 1. The van der Waals surface area contributed by atoms with Crippen molar-refractivity contribution in [3.05, 3.63) is 76.2 Å². The maximum atomic E-state index is 13.4. The predicted octanol–water partition coefficient (Wildman–Crippen LogP) is 4.95. The molecule has 32 heavy (non-hydrogen) atoms. The minimum Gasteiger partial charge on any atom is -0.493 e. The van der Waals surface area contributed by atoms with E-state index in [2.05, 4.69) is 21.2 Å². The first-order valence-electron chi connectivity index (χ1n) is 9.31. The molecular weight excluding hydrogens is 520 g/mol. The molecule has 0 aliphatic heterocycles. The van der Waals surface area contributed by atoms with Crippen molar-refractivity contribution < 1.29 is 22.7 Å². The molecule has 168 valence electrons. The van der Waals surface area contributed by atoms with Gasteiger partial charge in [0.1, 0.15) is 6.54 Å². The number of nitrogens with zero attached hydrogens (tertiary/aromatic N) is 1. The van der Waals surface area contributed by atoms with Crippen LogP contribution in [0.1, 0.15) is 0 Å². The van der Waals surface area contributed by atoms with Crippen LogP contribution in [0.4, 0.5) is 11.4 Å². The number of benzene rings is 3. The molecule has 10 heteroatoms. The molecule has 0 radical (unpaired) electrons. The molecule has 0 unspecified atom stereocenters. The Kier molecular flexibility index (Phi) is 7.65. The van der Waals surface area contributed by atoms with Crippen molar-refractivity contribution in [1.29, 1.82) is 0 Å². The van der Waals surface area contributed by atoms with Gasteiger partial charge in [0.05, 0.1) is 29.8 Å². The molecule has 1 amide bonds. The van der Waals surface area contributed by atoms with Gasteiger partial charge in [-0.05, 0) is 58.4 Å². The topological polar surface area (TPSA) is 84.9 Å². The molecule has 0 aromatic heterocycles. The molecular formula is C22H20BrClN2O5S. The minimum atomic E-state index is -4.06. The van der Waals surface area contributed by atoms with Gasteiger partial charge in [-0.3, -0.25) is 9.10 Å². The molecule has 0 saturated carbocycles. The van der Waals surface area contributed by atoms with Crippen molar-refractivity contribution in [2.45, 2.75) is 4.90 Å². The average molecular weight is 540 g/mol. The smallest absolute Gasteiger partial charge is 0.264 e. The summed E-state index contributed by atoms with van der Waals surface area (Å²) in [5.41, 5.74) is 0.683. The van der Waals surface area contributed by atoms with Crippen molar-refractivity contribution in [2.24, 2.45) is 0 Å². The first kappa shape index (κ1) is 23.9. The SMILES string of the molecule is COc1ccc(N(CC(=O)Nc2ccc(Br)c(Cl)c2)S(=O)(=O)c2ccccc2)cc1OC. The first-order chi connectivity index (χ1) is 15.3. The fourth-order valence-corrected chi connectivity index (χ4v) is 4.78. The van der Waals surface area contributed by atoms with E-state index in [1.807, 2.05) is 0 Å². The summed E-state index contributed by atoms with van der Waals surface area (Å²) in [7, 11) is -1.13. The van der Waals surface area contributed by atoms with E-state index >= 15 is 0 Å². The lowest BCUT2D eigenvalue weighted by atomic mass is 10.2. The fraction of sp³-hybridized carbons (Fsp3) is 0.136. The second-order valence-electron chi connectivity index (χ2n) is 6.54. The fourth-order valence-electron chi connectivity index (χ4n) is 2.92. The molecule has 0 saturated heterocycles. The lowest BCUT2D eigenvalue weighted by Gasteiger charge is -2.25. The van der Waals surface area contributed by atoms with E-state index in [0.717, 1.165) is 4.31 Å². The summed E-state index contributed by atoms with van der Waals surface area (Å²) in [4.78, 5) is 12.9. The van der Waals surface area contributed by atoms with Gasteiger partial charge in [0.15, 0.2) is 11.5 Å². The molecule has 1 N–H and O–H groups in total. The summed E-state index contributed by atoms with van der Waals surface area (Å²) < 4.78 is 39.1. The monoisotopic (exact) mass is 538 g/mol. The van der Waals surface area contributed by atoms with Gasteiger partial charge in [-0.2, -0.15) is 0 Å². The minimum absolute atomic E-state index is 0.0503. The maximum absolute atomic E-state index is 13.4. The normalized spacial score (nSPS) is 11.0. The number of halogens is 2. The Morgan fingerprint density at radius 2 is 1.69 bits per heavy atom. The van der Waals surface area contributed by atoms with Crippen LogP contribution in [0.2, 0.25) is 5.02 Å². The number of hydrogen-bond donors (Lipinski definition) is 1. The zero-order chi connectivity index (χ0) is 23.3. The van der Waals surface area contributed by atoms with E-state index in [1.54, 1.807) is 48.5 Å². The van der Waals surface area contributed by atoms with Gasteiger partial charge in [0.2, 0.25) is 5.91 Å². The number of nitrogens with one attached hydrogen (secondary N) is 1. The molecule has 0 heterocycles. The van der Waals surface area contributed by atoms with E-state index in [-0.39, 0.29) is 10.6 Å². The molecule has 0 aliphatic rings. The Bertz CT molecular complexity index is 1220. The summed E-state index contributed by atoms with van der Waals surface area (Å²) in [6.45, 7) is -0.472. The highest BCUT2D eigenvalue weighted by atomic mass is 79.9. The molecule has 3 rings (SSSR count). The lowest BCUT2D eigenvalue weighted by Crippen LogP contribution is -2.38. The Morgan fingerprint density at radius 1 is 1.00 bits per heavy atom. The molecule has 0 bridgehead atoms. The highest BCUT2D eigenvalue weighted by Gasteiger charge is 2.28. The number of rotatable bonds is 8. The Labute approximate surface area is 200 Å². The first-order valence-corrected chi connectivity index (χ1v) is 11.9. The molecule has 3 aromatic carbocycles. The van der Waals surface area contributed by atoms with E-state index in [1.165, 1.54) is 32.4 Å². The number of sulfonamides is 1. The van der Waals surface area contributed by atoms with Gasteiger partial charge in [0, 0.05) is 16.2 Å². The third-order valence-electron chi connectivity index (χ3n) is 4.48. The summed E-state index contributed by atoms with van der Waals surface area (Å²) in [5, 5.41) is 3.09. The van der Waals surface area contributed by atoms with Crippen molar-refractivity contribution in [1.82, 2.24) is 0 Å². The predicted molar refractivity (Wildman–Crippen MR) is 128 cm³/mol. The third-order valence-corrected chi connectivity index (χ3v) is 7.50. The van der Waals surface area contributed by atoms with Crippen molar-refractivity contribution >= 4 is 54.8 Å². The van der Waals surface area contributed by atoms with E-state index in [4.69, 9.17) is 21.1 Å². The largest absolute Gasteiger partial charge is 0.493 e. The zero-order valence-corrected chi connectivity index (χ0v) is 20.4. The average Bonchev–Trinajstić information content (AvgIpc) is 2.80. The summed E-state index contributed by atoms with van der Waals surface area (Å²) in [5.74, 6) is 0.221. The van der Waals surface area contributed by atoms with E-state index < -0.39 is 22.5 Å². The van der Waals surface area contributed by atoms with Crippen molar-refractivity contribution in [3.8, 4) is 11.5 Å².